The van der Waals surface area contributed by atoms with E-state index in [0.717, 1.165) is 22.5 Å². The Labute approximate surface area is 191 Å². The zero-order valence-electron chi connectivity index (χ0n) is 18.7. The number of aryl methyl sites for hydroxylation is 1. The molecule has 170 valence electrons. The summed E-state index contributed by atoms with van der Waals surface area (Å²) in [6.07, 6.45) is 5.45. The van der Waals surface area contributed by atoms with Gasteiger partial charge in [0.1, 0.15) is 24.3 Å². The second-order valence-corrected chi connectivity index (χ2v) is 8.13. The second kappa shape index (κ2) is 8.61. The van der Waals surface area contributed by atoms with Gasteiger partial charge in [0.25, 0.3) is 0 Å². The highest BCUT2D eigenvalue weighted by Crippen LogP contribution is 2.35. The van der Waals surface area contributed by atoms with Gasteiger partial charge in [-0.1, -0.05) is 23.4 Å². The first-order valence-corrected chi connectivity index (χ1v) is 10.8. The maximum atomic E-state index is 13.5. The SMILES string of the molecule is COc1cc(C=C2OCCN3C2=NOC(C)C3c2ccc(F)cc2)ccc1-n1cnc(C)c1. The summed E-state index contributed by atoms with van der Waals surface area (Å²) >= 11 is 0. The van der Waals surface area contributed by atoms with Crippen LogP contribution in [0.2, 0.25) is 0 Å². The number of morpholine rings is 1. The highest BCUT2D eigenvalue weighted by Gasteiger charge is 2.38. The fourth-order valence-corrected chi connectivity index (χ4v) is 4.30. The number of hydrogen-bond acceptors (Lipinski definition) is 6. The topological polar surface area (TPSA) is 61.1 Å². The van der Waals surface area contributed by atoms with Gasteiger partial charge in [-0.15, -0.1) is 0 Å². The van der Waals surface area contributed by atoms with Crippen LogP contribution in [0.25, 0.3) is 11.8 Å². The van der Waals surface area contributed by atoms with Crippen molar-refractivity contribution in [3.63, 3.8) is 0 Å². The molecule has 3 aromatic rings. The molecular formula is C25H25FN4O3. The third kappa shape index (κ3) is 4.04. The molecule has 3 heterocycles. The Morgan fingerprint density at radius 2 is 2.00 bits per heavy atom. The summed E-state index contributed by atoms with van der Waals surface area (Å²) in [6.45, 7) is 5.09. The molecule has 33 heavy (non-hydrogen) atoms. The van der Waals surface area contributed by atoms with Crippen LogP contribution >= 0.6 is 0 Å². The fraction of sp³-hybridized carbons (Fsp3) is 0.280. The van der Waals surface area contributed by atoms with E-state index in [9.17, 15) is 4.39 Å². The van der Waals surface area contributed by atoms with Crippen LogP contribution in [0.1, 0.15) is 29.8 Å². The van der Waals surface area contributed by atoms with E-state index in [1.54, 1.807) is 25.6 Å². The minimum absolute atomic E-state index is 0.0909. The largest absolute Gasteiger partial charge is 0.495 e. The summed E-state index contributed by atoms with van der Waals surface area (Å²) in [4.78, 5) is 12.2. The number of fused-ring (bicyclic) bond motifs is 1. The molecule has 7 nitrogen and oxygen atoms in total. The molecule has 1 fully saturated rings. The number of nitrogens with zero attached hydrogens (tertiary/aromatic N) is 4. The summed E-state index contributed by atoms with van der Waals surface area (Å²) in [5.74, 6) is 1.70. The summed E-state index contributed by atoms with van der Waals surface area (Å²) in [6, 6.07) is 12.4. The van der Waals surface area contributed by atoms with Crippen LogP contribution in [0.15, 0.2) is 65.9 Å². The first kappa shape index (κ1) is 21.1. The number of halogens is 1. The number of hydrogen-bond donors (Lipinski definition) is 0. The molecule has 1 saturated heterocycles. The molecule has 0 aliphatic carbocycles. The standard InChI is InChI=1S/C25H25FN4O3/c1-16-14-29(15-27-16)21-9-4-18(12-22(21)31-3)13-23-25-28-33-17(2)24(30(25)10-11-32-23)19-5-7-20(26)8-6-19/h4-9,12-15,17,24H,10-11H2,1-3H3. The van der Waals surface area contributed by atoms with Crippen molar-refractivity contribution in [1.29, 1.82) is 0 Å². The lowest BCUT2D eigenvalue weighted by Gasteiger charge is -2.42. The van der Waals surface area contributed by atoms with Crippen LogP contribution in [0.3, 0.4) is 0 Å². The van der Waals surface area contributed by atoms with Gasteiger partial charge < -0.3 is 23.8 Å². The van der Waals surface area contributed by atoms with E-state index in [1.807, 2.05) is 48.9 Å². The normalized spacial score (nSPS) is 21.2. The van der Waals surface area contributed by atoms with E-state index in [2.05, 4.69) is 15.0 Å². The van der Waals surface area contributed by atoms with E-state index in [0.29, 0.717) is 30.5 Å². The smallest absolute Gasteiger partial charge is 0.211 e. The molecular weight excluding hydrogens is 423 g/mol. The lowest BCUT2D eigenvalue weighted by molar-refractivity contribution is -0.0221. The van der Waals surface area contributed by atoms with Crippen LogP contribution in [-0.4, -0.2) is 46.7 Å². The molecule has 0 N–H and O–H groups in total. The minimum atomic E-state index is -0.261. The summed E-state index contributed by atoms with van der Waals surface area (Å²) in [5, 5.41) is 4.35. The third-order valence-corrected chi connectivity index (χ3v) is 5.87. The van der Waals surface area contributed by atoms with E-state index in [4.69, 9.17) is 14.3 Å². The molecule has 2 atom stereocenters. The zero-order chi connectivity index (χ0) is 22.9. The van der Waals surface area contributed by atoms with E-state index in [1.165, 1.54) is 12.1 Å². The first-order chi connectivity index (χ1) is 16.0. The molecule has 0 radical (unpaired) electrons. The first-order valence-electron chi connectivity index (χ1n) is 10.8. The number of oxime groups is 1. The van der Waals surface area contributed by atoms with Crippen molar-refractivity contribution in [2.24, 2.45) is 5.16 Å². The Kier molecular flexibility index (Phi) is 5.50. The van der Waals surface area contributed by atoms with Gasteiger partial charge in [-0.05, 0) is 55.3 Å². The average Bonchev–Trinajstić information content (AvgIpc) is 3.26. The van der Waals surface area contributed by atoms with Gasteiger partial charge in [-0.2, -0.15) is 0 Å². The highest BCUT2D eigenvalue weighted by molar-refractivity contribution is 6.01. The number of methoxy groups -OCH3 is 1. The van der Waals surface area contributed by atoms with Crippen LogP contribution in [0.4, 0.5) is 4.39 Å². The molecule has 2 aliphatic rings. The lowest BCUT2D eigenvalue weighted by Crippen LogP contribution is -2.49. The van der Waals surface area contributed by atoms with Gasteiger partial charge >= 0.3 is 0 Å². The molecule has 8 heteroatoms. The molecule has 1 aromatic heterocycles. The van der Waals surface area contributed by atoms with Gasteiger partial charge in [-0.3, -0.25) is 0 Å². The lowest BCUT2D eigenvalue weighted by atomic mass is 9.98. The Morgan fingerprint density at radius 3 is 2.73 bits per heavy atom. The Bertz CT molecular complexity index is 1220. The van der Waals surface area contributed by atoms with Gasteiger partial charge in [0.15, 0.2) is 5.76 Å². The number of aromatic nitrogens is 2. The van der Waals surface area contributed by atoms with Gasteiger partial charge in [0.2, 0.25) is 5.84 Å². The Hall–Kier alpha value is -3.81. The fourth-order valence-electron chi connectivity index (χ4n) is 4.30. The van der Waals surface area contributed by atoms with Crippen LogP contribution in [-0.2, 0) is 9.57 Å². The predicted molar refractivity (Wildman–Crippen MR) is 123 cm³/mol. The Morgan fingerprint density at radius 1 is 1.18 bits per heavy atom. The van der Waals surface area contributed by atoms with Crippen LogP contribution in [0.5, 0.6) is 5.75 Å². The predicted octanol–water partition coefficient (Wildman–Crippen LogP) is 4.48. The second-order valence-electron chi connectivity index (χ2n) is 8.13. The van der Waals surface area contributed by atoms with Crippen molar-refractivity contribution in [2.75, 3.05) is 20.3 Å². The average molecular weight is 448 g/mol. The quantitative estimate of drug-likeness (QED) is 0.589. The summed E-state index contributed by atoms with van der Waals surface area (Å²) in [7, 11) is 1.64. The maximum absolute atomic E-state index is 13.5. The summed E-state index contributed by atoms with van der Waals surface area (Å²) in [5.41, 5.74) is 3.71. The van der Waals surface area contributed by atoms with Gasteiger partial charge in [0.05, 0.1) is 37.4 Å². The van der Waals surface area contributed by atoms with Crippen molar-refractivity contribution in [3.05, 3.63) is 83.4 Å². The van der Waals surface area contributed by atoms with Crippen molar-refractivity contribution >= 4 is 11.9 Å². The molecule has 0 bridgehead atoms. The van der Waals surface area contributed by atoms with Gasteiger partial charge in [0, 0.05) is 6.20 Å². The monoisotopic (exact) mass is 448 g/mol. The van der Waals surface area contributed by atoms with E-state index in [-0.39, 0.29) is 18.0 Å². The molecule has 2 aliphatic heterocycles. The molecule has 0 saturated carbocycles. The minimum Gasteiger partial charge on any atom is -0.495 e. The van der Waals surface area contributed by atoms with E-state index < -0.39 is 0 Å². The van der Waals surface area contributed by atoms with Crippen LogP contribution in [0, 0.1) is 12.7 Å². The highest BCUT2D eigenvalue weighted by atomic mass is 19.1. The zero-order valence-corrected chi connectivity index (χ0v) is 18.7. The number of imidazole rings is 1. The number of rotatable bonds is 4. The van der Waals surface area contributed by atoms with Gasteiger partial charge in [-0.25, -0.2) is 9.37 Å². The van der Waals surface area contributed by atoms with E-state index >= 15 is 0 Å². The molecule has 2 aromatic carbocycles. The van der Waals surface area contributed by atoms with Crippen molar-refractivity contribution in [3.8, 4) is 11.4 Å². The van der Waals surface area contributed by atoms with Crippen LogP contribution < -0.4 is 4.74 Å². The summed E-state index contributed by atoms with van der Waals surface area (Å²) < 4.78 is 27.0. The van der Waals surface area contributed by atoms with Crippen molar-refractivity contribution < 1.29 is 18.7 Å². The van der Waals surface area contributed by atoms with Crippen molar-refractivity contribution in [2.45, 2.75) is 26.0 Å². The molecule has 0 spiro atoms. The van der Waals surface area contributed by atoms with Crippen molar-refractivity contribution in [1.82, 2.24) is 14.5 Å². The maximum Gasteiger partial charge on any atom is 0.211 e. The molecule has 5 rings (SSSR count). The number of amidine groups is 1. The molecule has 0 amide bonds. The Balaban J connectivity index is 1.47. The molecule has 2 unspecified atom stereocenters. The number of ether oxygens (including phenoxy) is 2. The number of benzene rings is 2. The third-order valence-electron chi connectivity index (χ3n) is 5.87.